The number of pyridine rings is 1. The zero-order chi connectivity index (χ0) is 22.0. The number of aryl methyl sites for hydroxylation is 2. The van der Waals surface area contributed by atoms with Crippen molar-refractivity contribution in [1.82, 2.24) is 14.5 Å². The Morgan fingerprint density at radius 1 is 1.24 bits per heavy atom. The summed E-state index contributed by atoms with van der Waals surface area (Å²) >= 11 is 0. The number of aromatic nitrogens is 3. The predicted octanol–water partition coefficient (Wildman–Crippen LogP) is 2.55. The van der Waals surface area contributed by atoms with E-state index in [2.05, 4.69) is 19.4 Å². The van der Waals surface area contributed by atoms with E-state index in [1.807, 2.05) is 0 Å². The standard InChI is InChI=1S/C17H21F3N4O4S/c1-5-6-29(26,27)23-14-11(3)13(12-7-10(2)15(25)24(4)8-12)21-16(22-14)28-9-17(18,19)20/h7-8H,5-6,9H2,1-4H3,(H,21,22,23). The lowest BCUT2D eigenvalue weighted by molar-refractivity contribution is -0.154. The number of halogens is 3. The maximum atomic E-state index is 12.5. The van der Waals surface area contributed by atoms with Crippen LogP contribution in [0.25, 0.3) is 11.3 Å². The van der Waals surface area contributed by atoms with E-state index in [1.165, 1.54) is 30.8 Å². The van der Waals surface area contributed by atoms with Gasteiger partial charge in [-0.3, -0.25) is 9.52 Å². The summed E-state index contributed by atoms with van der Waals surface area (Å²) in [6.45, 7) is 3.13. The molecule has 0 amide bonds. The molecule has 1 N–H and O–H groups in total. The van der Waals surface area contributed by atoms with Gasteiger partial charge >= 0.3 is 12.2 Å². The molecule has 2 heterocycles. The van der Waals surface area contributed by atoms with Gasteiger partial charge in [0, 0.05) is 29.9 Å². The minimum Gasteiger partial charge on any atom is -0.454 e. The molecular formula is C17H21F3N4O4S. The number of nitrogens with zero attached hydrogens (tertiary/aromatic N) is 3. The van der Waals surface area contributed by atoms with E-state index < -0.39 is 28.8 Å². The Labute approximate surface area is 165 Å². The van der Waals surface area contributed by atoms with Gasteiger partial charge in [0.15, 0.2) is 6.61 Å². The van der Waals surface area contributed by atoms with Crippen molar-refractivity contribution in [3.8, 4) is 17.3 Å². The van der Waals surface area contributed by atoms with E-state index >= 15 is 0 Å². The van der Waals surface area contributed by atoms with Gasteiger partial charge in [0.05, 0.1) is 11.4 Å². The Kier molecular flexibility index (Phi) is 6.56. The molecular weight excluding hydrogens is 413 g/mol. The molecule has 12 heteroatoms. The van der Waals surface area contributed by atoms with Crippen LogP contribution in [0, 0.1) is 13.8 Å². The minimum absolute atomic E-state index is 0.144. The fourth-order valence-corrected chi connectivity index (χ4v) is 3.69. The van der Waals surface area contributed by atoms with Crippen molar-refractivity contribution in [3.63, 3.8) is 0 Å². The molecule has 0 bridgehead atoms. The Bertz CT molecular complexity index is 1040. The molecule has 2 aromatic rings. The van der Waals surface area contributed by atoms with Crippen molar-refractivity contribution < 1.29 is 26.3 Å². The van der Waals surface area contributed by atoms with Crippen LogP contribution in [-0.2, 0) is 17.1 Å². The van der Waals surface area contributed by atoms with Crippen LogP contribution < -0.4 is 15.0 Å². The van der Waals surface area contributed by atoms with Crippen LogP contribution in [0.5, 0.6) is 6.01 Å². The average Bonchev–Trinajstić information content (AvgIpc) is 2.58. The fourth-order valence-electron chi connectivity index (χ4n) is 2.56. The van der Waals surface area contributed by atoms with Crippen molar-refractivity contribution in [2.24, 2.45) is 7.05 Å². The van der Waals surface area contributed by atoms with Gasteiger partial charge in [-0.15, -0.1) is 0 Å². The highest BCUT2D eigenvalue weighted by Gasteiger charge is 2.29. The smallest absolute Gasteiger partial charge is 0.422 e. The molecule has 0 aliphatic rings. The molecule has 0 aliphatic carbocycles. The number of alkyl halides is 3. The quantitative estimate of drug-likeness (QED) is 0.719. The summed E-state index contributed by atoms with van der Waals surface area (Å²) < 4.78 is 70.1. The zero-order valence-corrected chi connectivity index (χ0v) is 17.1. The molecule has 0 aliphatic heterocycles. The first kappa shape index (κ1) is 22.7. The normalized spacial score (nSPS) is 12.1. The first-order valence-corrected chi connectivity index (χ1v) is 10.2. The van der Waals surface area contributed by atoms with E-state index in [4.69, 9.17) is 0 Å². The largest absolute Gasteiger partial charge is 0.454 e. The second-order valence-electron chi connectivity index (χ2n) is 6.48. The topological polar surface area (TPSA) is 103 Å². The fraction of sp³-hybridized carbons (Fsp3) is 0.471. The third-order valence-corrected chi connectivity index (χ3v) is 5.30. The number of hydrogen-bond donors (Lipinski definition) is 1. The Balaban J connectivity index is 2.62. The third kappa shape index (κ3) is 5.92. The highest BCUT2D eigenvalue weighted by molar-refractivity contribution is 7.92. The molecule has 2 rings (SSSR count). The summed E-state index contributed by atoms with van der Waals surface area (Å²) in [4.78, 5) is 19.7. The number of rotatable bonds is 7. The molecule has 0 radical (unpaired) electrons. The second-order valence-corrected chi connectivity index (χ2v) is 8.32. The lowest BCUT2D eigenvalue weighted by atomic mass is 10.1. The van der Waals surface area contributed by atoms with Crippen LogP contribution in [0.2, 0.25) is 0 Å². The summed E-state index contributed by atoms with van der Waals surface area (Å²) in [5.41, 5.74) is 0.955. The van der Waals surface area contributed by atoms with Crippen LogP contribution in [0.15, 0.2) is 17.1 Å². The van der Waals surface area contributed by atoms with Gasteiger partial charge in [-0.25, -0.2) is 8.42 Å². The molecule has 8 nitrogen and oxygen atoms in total. The van der Waals surface area contributed by atoms with Crippen molar-refractivity contribution in [2.45, 2.75) is 33.4 Å². The van der Waals surface area contributed by atoms with Gasteiger partial charge < -0.3 is 9.30 Å². The van der Waals surface area contributed by atoms with Crippen molar-refractivity contribution >= 4 is 15.8 Å². The molecule has 0 saturated heterocycles. The minimum atomic E-state index is -4.62. The zero-order valence-electron chi connectivity index (χ0n) is 16.3. The molecule has 0 aromatic carbocycles. The third-order valence-electron chi connectivity index (χ3n) is 3.85. The SMILES string of the molecule is CCCS(=O)(=O)Nc1nc(OCC(F)(F)F)nc(-c2cc(C)c(=O)n(C)c2)c1C. The molecule has 0 saturated carbocycles. The number of sulfonamides is 1. The molecule has 0 spiro atoms. The summed E-state index contributed by atoms with van der Waals surface area (Å²) in [6, 6.07) is 0.874. The molecule has 0 fully saturated rings. The van der Waals surface area contributed by atoms with Crippen molar-refractivity contribution in [1.29, 1.82) is 0 Å². The first-order valence-electron chi connectivity index (χ1n) is 8.59. The van der Waals surface area contributed by atoms with Gasteiger partial charge in [0.1, 0.15) is 5.82 Å². The maximum absolute atomic E-state index is 12.5. The highest BCUT2D eigenvalue weighted by atomic mass is 32.2. The van der Waals surface area contributed by atoms with Crippen LogP contribution >= 0.6 is 0 Å². The second kappa shape index (κ2) is 8.39. The summed E-state index contributed by atoms with van der Waals surface area (Å²) in [5, 5.41) is 0. The molecule has 29 heavy (non-hydrogen) atoms. The van der Waals surface area contributed by atoms with Gasteiger partial charge in [0.2, 0.25) is 10.0 Å². The van der Waals surface area contributed by atoms with Gasteiger partial charge in [-0.2, -0.15) is 23.1 Å². The number of hydrogen-bond acceptors (Lipinski definition) is 6. The molecule has 2 aromatic heterocycles. The van der Waals surface area contributed by atoms with Gasteiger partial charge in [-0.1, -0.05) is 6.92 Å². The molecule has 0 atom stereocenters. The molecule has 160 valence electrons. The number of nitrogens with one attached hydrogen (secondary N) is 1. The van der Waals surface area contributed by atoms with Crippen molar-refractivity contribution in [3.05, 3.63) is 33.7 Å². The lowest BCUT2D eigenvalue weighted by Crippen LogP contribution is -2.22. The van der Waals surface area contributed by atoms with Crippen LogP contribution in [0.3, 0.4) is 0 Å². The summed E-state index contributed by atoms with van der Waals surface area (Å²) in [6.07, 6.45) is -2.84. The Morgan fingerprint density at radius 2 is 1.90 bits per heavy atom. The van der Waals surface area contributed by atoms with Gasteiger partial charge in [-0.05, 0) is 26.3 Å². The number of anilines is 1. The first-order chi connectivity index (χ1) is 13.3. The monoisotopic (exact) mass is 434 g/mol. The summed E-state index contributed by atoms with van der Waals surface area (Å²) in [5.74, 6) is -0.379. The highest BCUT2D eigenvalue weighted by Crippen LogP contribution is 2.29. The average molecular weight is 434 g/mol. The van der Waals surface area contributed by atoms with E-state index in [1.54, 1.807) is 13.8 Å². The van der Waals surface area contributed by atoms with E-state index in [9.17, 15) is 26.4 Å². The number of ether oxygens (including phenoxy) is 1. The molecule has 0 unspecified atom stereocenters. The van der Waals surface area contributed by atoms with Gasteiger partial charge in [0.25, 0.3) is 5.56 Å². The maximum Gasteiger partial charge on any atom is 0.422 e. The van der Waals surface area contributed by atoms with E-state index in [0.717, 1.165) is 0 Å². The van der Waals surface area contributed by atoms with Crippen molar-refractivity contribution in [2.75, 3.05) is 17.1 Å². The van der Waals surface area contributed by atoms with Crippen LogP contribution in [-0.4, -0.2) is 41.5 Å². The van der Waals surface area contributed by atoms with Crippen LogP contribution in [0.4, 0.5) is 19.0 Å². The van der Waals surface area contributed by atoms with Crippen LogP contribution in [0.1, 0.15) is 24.5 Å². The Hall–Kier alpha value is -2.63. The summed E-state index contributed by atoms with van der Waals surface area (Å²) in [7, 11) is -2.25. The lowest BCUT2D eigenvalue weighted by Gasteiger charge is -2.16. The predicted molar refractivity (Wildman–Crippen MR) is 101 cm³/mol. The Morgan fingerprint density at radius 3 is 2.45 bits per heavy atom. The van der Waals surface area contributed by atoms with E-state index in [-0.39, 0.29) is 28.4 Å². The van der Waals surface area contributed by atoms with E-state index in [0.29, 0.717) is 17.5 Å².